The highest BCUT2D eigenvalue weighted by molar-refractivity contribution is 7.09. The summed E-state index contributed by atoms with van der Waals surface area (Å²) in [4.78, 5) is 8.98. The third kappa shape index (κ3) is 2.45. The molecule has 0 atom stereocenters. The molecule has 8 nitrogen and oxygen atoms in total. The van der Waals surface area contributed by atoms with Gasteiger partial charge in [0, 0.05) is 37.6 Å². The number of anilines is 2. The van der Waals surface area contributed by atoms with Crippen LogP contribution in [-0.4, -0.2) is 55.3 Å². The number of rotatable bonds is 4. The van der Waals surface area contributed by atoms with Gasteiger partial charge in [0.25, 0.3) is 0 Å². The molecular formula is C16H20N8S. The number of aryl methyl sites for hydroxylation is 1. The molecule has 2 fully saturated rings. The van der Waals surface area contributed by atoms with Gasteiger partial charge in [-0.25, -0.2) is 4.98 Å². The lowest BCUT2D eigenvalue weighted by Crippen LogP contribution is -2.59. The van der Waals surface area contributed by atoms with Gasteiger partial charge in [0.1, 0.15) is 11.6 Å². The Balaban J connectivity index is 1.33. The molecule has 3 aromatic rings. The second kappa shape index (κ2) is 5.62. The van der Waals surface area contributed by atoms with Gasteiger partial charge in [0.15, 0.2) is 11.5 Å². The van der Waals surface area contributed by atoms with E-state index in [1.807, 2.05) is 23.6 Å². The maximum atomic E-state index is 4.80. The van der Waals surface area contributed by atoms with Crippen LogP contribution in [0.25, 0.3) is 5.65 Å². The smallest absolute Gasteiger partial charge is 0.205 e. The highest BCUT2D eigenvalue weighted by atomic mass is 32.1. The number of likely N-dealkylation sites (N-methyl/N-ethyl adjacent to an activating group) is 1. The van der Waals surface area contributed by atoms with Crippen molar-refractivity contribution >= 4 is 28.1 Å². The van der Waals surface area contributed by atoms with Crippen LogP contribution in [0.15, 0.2) is 12.1 Å². The van der Waals surface area contributed by atoms with Crippen LogP contribution in [0.1, 0.15) is 36.8 Å². The fourth-order valence-electron chi connectivity index (χ4n) is 3.36. The SMILES string of the molecule is Cc1nsc(N(C)C2CN(c3ccc4nnc(C5CCC5)n4n3)C2)n1. The van der Waals surface area contributed by atoms with Crippen LogP contribution in [0.3, 0.4) is 0 Å². The number of hydrogen-bond donors (Lipinski definition) is 0. The zero-order valence-electron chi connectivity index (χ0n) is 14.3. The predicted molar refractivity (Wildman–Crippen MR) is 96.4 cm³/mol. The van der Waals surface area contributed by atoms with Crippen molar-refractivity contribution in [2.75, 3.05) is 29.9 Å². The van der Waals surface area contributed by atoms with Gasteiger partial charge in [-0.2, -0.15) is 8.89 Å². The lowest BCUT2D eigenvalue weighted by molar-refractivity contribution is 0.394. The standard InChI is InChI=1S/C16H20N8S/c1-10-17-16(25-21-10)22(2)12-8-23(9-12)14-7-6-13-18-19-15(24(13)20-14)11-4-3-5-11/h6-7,11-12H,3-5,8-9H2,1-2H3. The summed E-state index contributed by atoms with van der Waals surface area (Å²) in [7, 11) is 2.09. The van der Waals surface area contributed by atoms with Gasteiger partial charge in [-0.1, -0.05) is 6.42 Å². The van der Waals surface area contributed by atoms with Crippen LogP contribution in [0.2, 0.25) is 0 Å². The molecule has 9 heteroatoms. The molecule has 0 radical (unpaired) electrons. The zero-order valence-corrected chi connectivity index (χ0v) is 15.1. The molecule has 0 aromatic carbocycles. The largest absolute Gasteiger partial charge is 0.351 e. The molecule has 0 N–H and O–H groups in total. The van der Waals surface area contributed by atoms with Gasteiger partial charge in [-0.3, -0.25) is 0 Å². The average molecular weight is 356 g/mol. The van der Waals surface area contributed by atoms with E-state index in [0.717, 1.165) is 41.3 Å². The van der Waals surface area contributed by atoms with Crippen molar-refractivity contribution in [3.05, 3.63) is 23.8 Å². The van der Waals surface area contributed by atoms with Gasteiger partial charge in [0.2, 0.25) is 5.13 Å². The summed E-state index contributed by atoms with van der Waals surface area (Å²) in [6.07, 6.45) is 3.68. The number of fused-ring (bicyclic) bond motifs is 1. The van der Waals surface area contributed by atoms with Crippen LogP contribution in [0.4, 0.5) is 10.9 Å². The number of aromatic nitrogens is 6. The molecule has 5 rings (SSSR count). The van der Waals surface area contributed by atoms with Gasteiger partial charge in [0.05, 0.1) is 6.04 Å². The van der Waals surface area contributed by atoms with Gasteiger partial charge < -0.3 is 9.80 Å². The Morgan fingerprint density at radius 1 is 1.20 bits per heavy atom. The van der Waals surface area contributed by atoms with E-state index >= 15 is 0 Å². The first-order chi connectivity index (χ1) is 12.2. The molecule has 130 valence electrons. The van der Waals surface area contributed by atoms with Gasteiger partial charge in [-0.05, 0) is 31.9 Å². The highest BCUT2D eigenvalue weighted by Crippen LogP contribution is 2.35. The van der Waals surface area contributed by atoms with E-state index in [0.29, 0.717) is 12.0 Å². The van der Waals surface area contributed by atoms with E-state index in [1.165, 1.54) is 30.8 Å². The summed E-state index contributed by atoms with van der Waals surface area (Å²) >= 11 is 1.46. The van der Waals surface area contributed by atoms with Crippen molar-refractivity contribution < 1.29 is 0 Å². The Hall–Kier alpha value is -2.29. The molecule has 25 heavy (non-hydrogen) atoms. The average Bonchev–Trinajstić information content (AvgIpc) is 3.11. The number of nitrogens with zero attached hydrogens (tertiary/aromatic N) is 8. The van der Waals surface area contributed by atoms with E-state index in [-0.39, 0.29) is 0 Å². The van der Waals surface area contributed by atoms with Gasteiger partial charge >= 0.3 is 0 Å². The summed E-state index contributed by atoms with van der Waals surface area (Å²) in [5.41, 5.74) is 0.837. The molecule has 4 heterocycles. The first-order valence-corrected chi connectivity index (χ1v) is 9.47. The fraction of sp³-hybridized carbons (Fsp3) is 0.562. The molecule has 1 aliphatic carbocycles. The minimum atomic E-state index is 0.442. The Morgan fingerprint density at radius 2 is 2.04 bits per heavy atom. The molecule has 1 saturated heterocycles. The van der Waals surface area contributed by atoms with Crippen LogP contribution < -0.4 is 9.80 Å². The van der Waals surface area contributed by atoms with Crippen LogP contribution in [0, 0.1) is 6.92 Å². The summed E-state index contributed by atoms with van der Waals surface area (Å²) in [5.74, 6) is 3.37. The first kappa shape index (κ1) is 15.0. The van der Waals surface area contributed by atoms with Crippen molar-refractivity contribution in [3.63, 3.8) is 0 Å². The molecule has 1 aliphatic heterocycles. The quantitative estimate of drug-likeness (QED) is 0.706. The van der Waals surface area contributed by atoms with Crippen molar-refractivity contribution in [1.29, 1.82) is 0 Å². The third-order valence-electron chi connectivity index (χ3n) is 5.30. The Morgan fingerprint density at radius 3 is 2.72 bits per heavy atom. The Bertz CT molecular complexity index is 908. The molecule has 0 spiro atoms. The minimum absolute atomic E-state index is 0.442. The second-order valence-corrected chi connectivity index (χ2v) is 7.67. The maximum absolute atomic E-state index is 4.80. The Labute approximate surface area is 149 Å². The van der Waals surface area contributed by atoms with Crippen molar-refractivity contribution in [3.8, 4) is 0 Å². The van der Waals surface area contributed by atoms with E-state index in [4.69, 9.17) is 5.10 Å². The molecule has 0 bridgehead atoms. The minimum Gasteiger partial charge on any atom is -0.351 e. The number of hydrogen-bond acceptors (Lipinski definition) is 8. The normalized spacial score (nSPS) is 18.4. The van der Waals surface area contributed by atoms with Crippen molar-refractivity contribution in [2.24, 2.45) is 0 Å². The zero-order chi connectivity index (χ0) is 17.0. The monoisotopic (exact) mass is 356 g/mol. The lowest BCUT2D eigenvalue weighted by Gasteiger charge is -2.44. The predicted octanol–water partition coefficient (Wildman–Crippen LogP) is 1.88. The van der Waals surface area contributed by atoms with Crippen LogP contribution in [0.5, 0.6) is 0 Å². The van der Waals surface area contributed by atoms with Crippen LogP contribution >= 0.6 is 11.5 Å². The molecule has 3 aromatic heterocycles. The molecule has 0 amide bonds. The van der Waals surface area contributed by atoms with Crippen molar-refractivity contribution in [2.45, 2.75) is 38.1 Å². The van der Waals surface area contributed by atoms with E-state index < -0.39 is 0 Å². The van der Waals surface area contributed by atoms with Gasteiger partial charge in [-0.15, -0.1) is 15.3 Å². The third-order valence-corrected chi connectivity index (χ3v) is 6.19. The lowest BCUT2D eigenvalue weighted by atomic mass is 9.85. The summed E-state index contributed by atoms with van der Waals surface area (Å²) in [6, 6.07) is 4.50. The van der Waals surface area contributed by atoms with Crippen molar-refractivity contribution in [1.82, 2.24) is 29.2 Å². The highest BCUT2D eigenvalue weighted by Gasteiger charge is 2.33. The van der Waals surface area contributed by atoms with Crippen LogP contribution in [-0.2, 0) is 0 Å². The second-order valence-electron chi connectivity index (χ2n) is 6.94. The summed E-state index contributed by atoms with van der Waals surface area (Å²) in [5, 5.41) is 14.4. The molecule has 1 saturated carbocycles. The maximum Gasteiger partial charge on any atom is 0.205 e. The van der Waals surface area contributed by atoms with E-state index in [1.54, 1.807) is 0 Å². The fourth-order valence-corrected chi connectivity index (χ4v) is 4.06. The summed E-state index contributed by atoms with van der Waals surface area (Å²) in [6.45, 7) is 3.81. The molecule has 0 unspecified atom stereocenters. The van der Waals surface area contributed by atoms with E-state index in [2.05, 4.69) is 36.4 Å². The molecule has 2 aliphatic rings. The molecular weight excluding hydrogens is 336 g/mol. The summed E-state index contributed by atoms with van der Waals surface area (Å²) < 4.78 is 6.20. The Kier molecular flexibility index (Phi) is 3.37. The topological polar surface area (TPSA) is 75.3 Å². The van der Waals surface area contributed by atoms with E-state index in [9.17, 15) is 0 Å². The first-order valence-electron chi connectivity index (χ1n) is 8.69.